The molecule has 1 aromatic carbocycles. The number of aryl methyl sites for hydroxylation is 1. The molecule has 0 saturated carbocycles. The van der Waals surface area contributed by atoms with E-state index in [1.807, 2.05) is 24.5 Å². The number of H-pyrrole nitrogens is 1. The van der Waals surface area contributed by atoms with E-state index in [0.717, 1.165) is 5.52 Å². The molecule has 0 aliphatic heterocycles. The van der Waals surface area contributed by atoms with Crippen LogP contribution in [0.4, 0.5) is 0 Å². The van der Waals surface area contributed by atoms with Crippen LogP contribution in [0.25, 0.3) is 22.2 Å². The highest BCUT2D eigenvalue weighted by Crippen LogP contribution is 2.28. The van der Waals surface area contributed by atoms with Crippen molar-refractivity contribution in [2.24, 2.45) is 0 Å². The van der Waals surface area contributed by atoms with Crippen molar-refractivity contribution in [1.29, 1.82) is 0 Å². The number of hydrogen-bond acceptors (Lipinski definition) is 1. The number of nitrogens with one attached hydrogen (secondary N) is 1. The highest BCUT2D eigenvalue weighted by Gasteiger charge is 2.08. The fourth-order valence-corrected chi connectivity index (χ4v) is 2.08. The smallest absolute Gasteiger partial charge is 0.0648 e. The lowest BCUT2D eigenvalue weighted by molar-refractivity contribution is 1.34. The summed E-state index contributed by atoms with van der Waals surface area (Å²) in [5.74, 6) is 0. The van der Waals surface area contributed by atoms with Gasteiger partial charge in [-0.25, -0.2) is 0 Å². The molecular weight excluding hydrogens is 196 g/mol. The first kappa shape index (κ1) is 9.16. The van der Waals surface area contributed by atoms with Gasteiger partial charge in [-0.3, -0.25) is 4.98 Å². The Bertz CT molecular complexity index is 624. The van der Waals surface area contributed by atoms with Gasteiger partial charge in [0.05, 0.1) is 11.7 Å². The monoisotopic (exact) mass is 208 g/mol. The lowest BCUT2D eigenvalue weighted by Crippen LogP contribution is -1.78. The Morgan fingerprint density at radius 2 is 1.88 bits per heavy atom. The van der Waals surface area contributed by atoms with Crippen LogP contribution in [0.3, 0.4) is 0 Å². The number of benzene rings is 1. The predicted octanol–water partition coefficient (Wildman–Crippen LogP) is 3.54. The van der Waals surface area contributed by atoms with E-state index in [1.165, 1.54) is 22.2 Å². The van der Waals surface area contributed by atoms with E-state index < -0.39 is 0 Å². The van der Waals surface area contributed by atoms with Crippen LogP contribution in [0.1, 0.15) is 5.56 Å². The third kappa shape index (κ3) is 1.31. The molecule has 2 heterocycles. The van der Waals surface area contributed by atoms with Crippen LogP contribution in [0.5, 0.6) is 0 Å². The minimum Gasteiger partial charge on any atom is -0.353 e. The first-order chi connectivity index (χ1) is 7.86. The van der Waals surface area contributed by atoms with Crippen LogP contribution in [0.15, 0.2) is 48.8 Å². The first-order valence-electron chi connectivity index (χ1n) is 5.34. The van der Waals surface area contributed by atoms with Gasteiger partial charge < -0.3 is 4.98 Å². The molecule has 0 aliphatic rings. The average molecular weight is 208 g/mol. The maximum absolute atomic E-state index is 4.13. The maximum atomic E-state index is 4.13. The van der Waals surface area contributed by atoms with Crippen molar-refractivity contribution in [2.75, 3.05) is 0 Å². The van der Waals surface area contributed by atoms with Crippen molar-refractivity contribution in [1.82, 2.24) is 9.97 Å². The largest absolute Gasteiger partial charge is 0.353 e. The Labute approximate surface area is 94.0 Å². The highest BCUT2D eigenvalue weighted by atomic mass is 14.8. The van der Waals surface area contributed by atoms with Crippen LogP contribution < -0.4 is 0 Å². The summed E-state index contributed by atoms with van der Waals surface area (Å²) >= 11 is 0. The summed E-state index contributed by atoms with van der Waals surface area (Å²) in [5.41, 5.74) is 4.78. The topological polar surface area (TPSA) is 28.7 Å². The SMILES string of the molecule is Cc1c(-c2ccccc2)[nH]c2cnccc12. The molecular formula is C14H12N2. The molecule has 0 atom stereocenters. The Morgan fingerprint density at radius 3 is 2.62 bits per heavy atom. The van der Waals surface area contributed by atoms with Gasteiger partial charge in [0.15, 0.2) is 0 Å². The van der Waals surface area contributed by atoms with Gasteiger partial charge in [-0.1, -0.05) is 30.3 Å². The lowest BCUT2D eigenvalue weighted by atomic mass is 10.1. The normalized spacial score (nSPS) is 10.8. The fraction of sp³-hybridized carbons (Fsp3) is 0.0714. The zero-order valence-corrected chi connectivity index (χ0v) is 9.07. The van der Waals surface area contributed by atoms with E-state index >= 15 is 0 Å². The van der Waals surface area contributed by atoms with Gasteiger partial charge in [0, 0.05) is 17.3 Å². The maximum Gasteiger partial charge on any atom is 0.0648 e. The zero-order chi connectivity index (χ0) is 11.0. The van der Waals surface area contributed by atoms with Crippen molar-refractivity contribution in [2.45, 2.75) is 6.92 Å². The molecule has 0 fully saturated rings. The van der Waals surface area contributed by atoms with Crippen molar-refractivity contribution in [3.05, 3.63) is 54.4 Å². The van der Waals surface area contributed by atoms with Crippen molar-refractivity contribution in [3.63, 3.8) is 0 Å². The van der Waals surface area contributed by atoms with E-state index in [-0.39, 0.29) is 0 Å². The van der Waals surface area contributed by atoms with Crippen LogP contribution in [-0.4, -0.2) is 9.97 Å². The third-order valence-corrected chi connectivity index (χ3v) is 2.92. The number of fused-ring (bicyclic) bond motifs is 1. The van der Waals surface area contributed by atoms with Crippen molar-refractivity contribution in [3.8, 4) is 11.3 Å². The molecule has 2 heteroatoms. The summed E-state index contributed by atoms with van der Waals surface area (Å²) in [6, 6.07) is 12.4. The Hall–Kier alpha value is -2.09. The zero-order valence-electron chi connectivity index (χ0n) is 9.07. The number of aromatic amines is 1. The van der Waals surface area contributed by atoms with E-state index in [4.69, 9.17) is 0 Å². The molecule has 0 spiro atoms. The van der Waals surface area contributed by atoms with E-state index in [1.54, 1.807) is 0 Å². The minimum atomic E-state index is 1.10. The standard InChI is InChI=1S/C14H12N2/c1-10-12-7-8-15-9-13(12)16-14(10)11-5-3-2-4-6-11/h2-9,16H,1H3. The quantitative estimate of drug-likeness (QED) is 0.651. The lowest BCUT2D eigenvalue weighted by Gasteiger charge is -1.98. The Morgan fingerprint density at radius 1 is 1.06 bits per heavy atom. The van der Waals surface area contributed by atoms with E-state index in [9.17, 15) is 0 Å². The van der Waals surface area contributed by atoms with Crippen LogP contribution >= 0.6 is 0 Å². The number of pyridine rings is 1. The highest BCUT2D eigenvalue weighted by molar-refractivity contribution is 5.89. The molecule has 0 unspecified atom stereocenters. The number of nitrogens with zero attached hydrogens (tertiary/aromatic N) is 1. The summed E-state index contributed by atoms with van der Waals surface area (Å²) in [5, 5.41) is 1.24. The van der Waals surface area contributed by atoms with Gasteiger partial charge in [0.1, 0.15) is 0 Å². The van der Waals surface area contributed by atoms with Gasteiger partial charge in [-0.05, 0) is 24.1 Å². The van der Waals surface area contributed by atoms with Gasteiger partial charge in [-0.15, -0.1) is 0 Å². The van der Waals surface area contributed by atoms with Gasteiger partial charge in [0.25, 0.3) is 0 Å². The molecule has 78 valence electrons. The fourth-order valence-electron chi connectivity index (χ4n) is 2.08. The molecule has 16 heavy (non-hydrogen) atoms. The molecule has 1 N–H and O–H groups in total. The van der Waals surface area contributed by atoms with E-state index in [0.29, 0.717) is 0 Å². The van der Waals surface area contributed by atoms with Gasteiger partial charge >= 0.3 is 0 Å². The molecule has 3 aromatic rings. The summed E-state index contributed by atoms with van der Waals surface area (Å²) in [4.78, 5) is 7.55. The molecule has 0 saturated heterocycles. The molecule has 0 radical (unpaired) electrons. The summed E-state index contributed by atoms with van der Waals surface area (Å²) < 4.78 is 0. The van der Waals surface area contributed by atoms with Crippen LogP contribution in [0, 0.1) is 6.92 Å². The molecule has 2 nitrogen and oxygen atoms in total. The van der Waals surface area contributed by atoms with E-state index in [2.05, 4.69) is 41.2 Å². The molecule has 0 amide bonds. The second-order valence-electron chi connectivity index (χ2n) is 3.91. The second-order valence-corrected chi connectivity index (χ2v) is 3.91. The number of hydrogen-bond donors (Lipinski definition) is 1. The summed E-state index contributed by atoms with van der Waals surface area (Å²) in [6.45, 7) is 2.14. The van der Waals surface area contributed by atoms with Gasteiger partial charge in [0.2, 0.25) is 0 Å². The van der Waals surface area contributed by atoms with Crippen LogP contribution in [-0.2, 0) is 0 Å². The molecule has 0 bridgehead atoms. The van der Waals surface area contributed by atoms with Gasteiger partial charge in [-0.2, -0.15) is 0 Å². The second kappa shape index (κ2) is 3.49. The molecule has 3 rings (SSSR count). The van der Waals surface area contributed by atoms with Crippen LogP contribution in [0.2, 0.25) is 0 Å². The number of rotatable bonds is 1. The first-order valence-corrected chi connectivity index (χ1v) is 5.34. The minimum absolute atomic E-state index is 1.10. The third-order valence-electron chi connectivity index (χ3n) is 2.92. The summed E-state index contributed by atoms with van der Waals surface area (Å²) in [7, 11) is 0. The Balaban J connectivity index is 2.29. The Kier molecular flexibility index (Phi) is 2.00. The molecule has 0 aliphatic carbocycles. The molecule has 2 aromatic heterocycles. The summed E-state index contributed by atoms with van der Waals surface area (Å²) in [6.07, 6.45) is 3.70. The number of aromatic nitrogens is 2. The average Bonchev–Trinajstić information content (AvgIpc) is 2.69. The van der Waals surface area contributed by atoms with Crippen molar-refractivity contribution >= 4 is 10.9 Å². The predicted molar refractivity (Wildman–Crippen MR) is 66.3 cm³/mol. The van der Waals surface area contributed by atoms with Crippen molar-refractivity contribution < 1.29 is 0 Å².